The lowest BCUT2D eigenvalue weighted by Crippen LogP contribution is -2.23. The Bertz CT molecular complexity index is 1280. The van der Waals surface area contributed by atoms with Crippen molar-refractivity contribution in [1.29, 1.82) is 0 Å². The molecule has 0 saturated carbocycles. The zero-order valence-electron chi connectivity index (χ0n) is 17.3. The van der Waals surface area contributed by atoms with Gasteiger partial charge < -0.3 is 5.32 Å². The van der Waals surface area contributed by atoms with Gasteiger partial charge in [0.2, 0.25) is 5.91 Å². The summed E-state index contributed by atoms with van der Waals surface area (Å²) >= 11 is 8.96. The minimum Gasteiger partial charge on any atom is -0.324 e. The van der Waals surface area contributed by atoms with Gasteiger partial charge in [-0.3, -0.25) is 19.5 Å². The van der Waals surface area contributed by atoms with E-state index in [1.165, 1.54) is 30.0 Å². The van der Waals surface area contributed by atoms with Crippen molar-refractivity contribution in [3.05, 3.63) is 86.7 Å². The molecule has 2 heterocycles. The Morgan fingerprint density at radius 2 is 2.00 bits per heavy atom. The number of thioether (sulfide) groups is 1. The molecule has 4 rings (SSSR count). The van der Waals surface area contributed by atoms with Gasteiger partial charge in [0.15, 0.2) is 11.0 Å². The summed E-state index contributed by atoms with van der Waals surface area (Å²) in [5.41, 5.74) is 1.26. The highest BCUT2D eigenvalue weighted by atomic mass is 35.5. The number of rotatable bonds is 8. The molecule has 0 saturated heterocycles. The van der Waals surface area contributed by atoms with Gasteiger partial charge in [0, 0.05) is 12.1 Å². The van der Waals surface area contributed by atoms with Crippen LogP contribution in [0.15, 0.2) is 71.2 Å². The van der Waals surface area contributed by atoms with Crippen LogP contribution in [0.2, 0.25) is 5.02 Å². The van der Waals surface area contributed by atoms with Crippen molar-refractivity contribution in [2.75, 3.05) is 5.32 Å². The van der Waals surface area contributed by atoms with Crippen LogP contribution in [-0.4, -0.2) is 30.8 Å². The van der Waals surface area contributed by atoms with Crippen LogP contribution in [0.4, 0.5) is 11.4 Å². The van der Waals surface area contributed by atoms with Crippen molar-refractivity contribution in [3.8, 4) is 10.7 Å². The summed E-state index contributed by atoms with van der Waals surface area (Å²) < 4.78 is 1.99. The van der Waals surface area contributed by atoms with Crippen LogP contribution < -0.4 is 5.32 Å². The van der Waals surface area contributed by atoms with Crippen molar-refractivity contribution in [2.45, 2.75) is 23.9 Å². The molecule has 11 heteroatoms. The number of aromatic nitrogens is 3. The molecule has 1 atom stereocenters. The normalized spacial score (nSPS) is 11.8. The molecular weight excluding hydrogens is 482 g/mol. The second-order valence-electron chi connectivity index (χ2n) is 7.03. The topological polar surface area (TPSA) is 103 Å². The maximum absolute atomic E-state index is 12.8. The maximum Gasteiger partial charge on any atom is 0.271 e. The molecule has 0 aliphatic heterocycles. The van der Waals surface area contributed by atoms with E-state index in [9.17, 15) is 14.9 Å². The van der Waals surface area contributed by atoms with Crippen molar-refractivity contribution in [1.82, 2.24) is 14.8 Å². The predicted molar refractivity (Wildman–Crippen MR) is 131 cm³/mol. The van der Waals surface area contributed by atoms with Crippen LogP contribution in [-0.2, 0) is 11.3 Å². The number of carbonyl (C=O) groups excluding carboxylic acids is 1. The summed E-state index contributed by atoms with van der Waals surface area (Å²) in [7, 11) is 0. The zero-order chi connectivity index (χ0) is 23.4. The monoisotopic (exact) mass is 499 g/mol. The van der Waals surface area contributed by atoms with Gasteiger partial charge in [0.05, 0.1) is 32.3 Å². The van der Waals surface area contributed by atoms with Crippen LogP contribution in [0.5, 0.6) is 0 Å². The number of benzene rings is 2. The molecule has 8 nitrogen and oxygen atoms in total. The van der Waals surface area contributed by atoms with Gasteiger partial charge in [0.25, 0.3) is 5.69 Å². The van der Waals surface area contributed by atoms with Crippen LogP contribution in [0.25, 0.3) is 10.7 Å². The Morgan fingerprint density at radius 3 is 2.67 bits per heavy atom. The minimum absolute atomic E-state index is 0.0991. The van der Waals surface area contributed by atoms with Gasteiger partial charge in [-0.1, -0.05) is 59.8 Å². The second-order valence-corrected chi connectivity index (χ2v) is 9.69. The number of nitro groups is 1. The number of amides is 1. The quantitative estimate of drug-likeness (QED) is 0.188. The first-order valence-corrected chi connectivity index (χ1v) is 12.0. The van der Waals surface area contributed by atoms with Crippen molar-refractivity contribution in [2.24, 2.45) is 0 Å². The fraction of sp³-hybridized carbons (Fsp3) is 0.136. The molecule has 1 unspecified atom stereocenters. The summed E-state index contributed by atoms with van der Waals surface area (Å²) in [6.45, 7) is 2.32. The van der Waals surface area contributed by atoms with Gasteiger partial charge >= 0.3 is 0 Å². The SMILES string of the molecule is CC(Sc1nnc(-c2cccs2)n1Cc1ccccc1)C(=O)Nc1ccc([N+](=O)[O-])cc1Cl. The van der Waals surface area contributed by atoms with E-state index in [1.807, 2.05) is 52.4 Å². The summed E-state index contributed by atoms with van der Waals surface area (Å²) in [4.78, 5) is 24.1. The number of nitro benzene ring substituents is 1. The minimum atomic E-state index is -0.541. The summed E-state index contributed by atoms with van der Waals surface area (Å²) in [6, 6.07) is 17.8. The van der Waals surface area contributed by atoms with Gasteiger partial charge in [0.1, 0.15) is 0 Å². The fourth-order valence-corrected chi connectivity index (χ4v) is 4.83. The number of thiophene rings is 1. The predicted octanol–water partition coefficient (Wildman–Crippen LogP) is 5.74. The molecule has 0 fully saturated rings. The highest BCUT2D eigenvalue weighted by Crippen LogP contribution is 2.31. The first kappa shape index (κ1) is 23.0. The average Bonchev–Trinajstić information content (AvgIpc) is 3.46. The van der Waals surface area contributed by atoms with Gasteiger partial charge in [-0.25, -0.2) is 0 Å². The second kappa shape index (κ2) is 10.2. The average molecular weight is 500 g/mol. The Hall–Kier alpha value is -3.21. The van der Waals surface area contributed by atoms with E-state index in [-0.39, 0.29) is 16.6 Å². The Morgan fingerprint density at radius 1 is 1.21 bits per heavy atom. The summed E-state index contributed by atoms with van der Waals surface area (Å²) in [5, 5.41) is 24.5. The van der Waals surface area contributed by atoms with E-state index in [0.29, 0.717) is 17.4 Å². The van der Waals surface area contributed by atoms with Crippen molar-refractivity contribution < 1.29 is 9.72 Å². The van der Waals surface area contributed by atoms with E-state index in [1.54, 1.807) is 18.3 Å². The standard InChI is InChI=1S/C22H18ClN5O3S2/c1-14(21(29)24-18-10-9-16(28(30)31)12-17(18)23)33-22-26-25-20(19-8-5-11-32-19)27(22)13-15-6-3-2-4-7-15/h2-12,14H,13H2,1H3,(H,24,29). The molecule has 2 aromatic carbocycles. The third-order valence-electron chi connectivity index (χ3n) is 4.71. The van der Waals surface area contributed by atoms with E-state index in [4.69, 9.17) is 11.6 Å². The van der Waals surface area contributed by atoms with Gasteiger partial charge in [-0.15, -0.1) is 21.5 Å². The number of nitrogens with one attached hydrogen (secondary N) is 1. The lowest BCUT2D eigenvalue weighted by Gasteiger charge is -2.14. The molecule has 0 aliphatic rings. The van der Waals surface area contributed by atoms with Crippen LogP contribution >= 0.6 is 34.7 Å². The van der Waals surface area contributed by atoms with Crippen LogP contribution in [0.1, 0.15) is 12.5 Å². The van der Waals surface area contributed by atoms with Crippen LogP contribution in [0.3, 0.4) is 0 Å². The number of carbonyl (C=O) groups is 1. The maximum atomic E-state index is 12.8. The highest BCUT2D eigenvalue weighted by Gasteiger charge is 2.22. The molecular formula is C22H18ClN5O3S2. The summed E-state index contributed by atoms with van der Waals surface area (Å²) in [6.07, 6.45) is 0. The molecule has 0 radical (unpaired) electrons. The van der Waals surface area contributed by atoms with Gasteiger partial charge in [-0.05, 0) is 30.0 Å². The number of anilines is 1. The van der Waals surface area contributed by atoms with Crippen molar-refractivity contribution in [3.63, 3.8) is 0 Å². The molecule has 0 aliphatic carbocycles. The number of hydrogen-bond donors (Lipinski definition) is 1. The molecule has 0 spiro atoms. The van der Waals surface area contributed by atoms with E-state index >= 15 is 0 Å². The lowest BCUT2D eigenvalue weighted by atomic mass is 10.2. The van der Waals surface area contributed by atoms with E-state index < -0.39 is 10.2 Å². The molecule has 168 valence electrons. The molecule has 2 aromatic heterocycles. The third kappa shape index (κ3) is 5.41. The molecule has 33 heavy (non-hydrogen) atoms. The Kier molecular flexibility index (Phi) is 7.07. The molecule has 1 amide bonds. The lowest BCUT2D eigenvalue weighted by molar-refractivity contribution is -0.384. The van der Waals surface area contributed by atoms with E-state index in [2.05, 4.69) is 15.5 Å². The molecule has 0 bridgehead atoms. The Balaban J connectivity index is 1.54. The smallest absolute Gasteiger partial charge is 0.271 e. The van der Waals surface area contributed by atoms with Gasteiger partial charge in [-0.2, -0.15) is 0 Å². The molecule has 1 N–H and O–H groups in total. The zero-order valence-corrected chi connectivity index (χ0v) is 19.7. The first-order chi connectivity index (χ1) is 15.9. The number of nitrogens with zero attached hydrogens (tertiary/aromatic N) is 4. The van der Waals surface area contributed by atoms with Crippen molar-refractivity contribution >= 4 is 52.0 Å². The largest absolute Gasteiger partial charge is 0.324 e. The van der Waals surface area contributed by atoms with Crippen LogP contribution in [0, 0.1) is 10.1 Å². The third-order valence-corrected chi connectivity index (χ3v) is 6.97. The highest BCUT2D eigenvalue weighted by molar-refractivity contribution is 8.00. The summed E-state index contributed by atoms with van der Waals surface area (Å²) in [5.74, 6) is 0.435. The fourth-order valence-electron chi connectivity index (χ4n) is 3.04. The Labute approximate surface area is 202 Å². The number of non-ortho nitro benzene ring substituents is 1. The first-order valence-electron chi connectivity index (χ1n) is 9.85. The van der Waals surface area contributed by atoms with E-state index in [0.717, 1.165) is 16.3 Å². The number of hydrogen-bond acceptors (Lipinski definition) is 7. The molecule has 4 aromatic rings. The number of halogens is 1.